The normalized spacial score (nSPS) is 12.5. The van der Waals surface area contributed by atoms with Gasteiger partial charge in [0.05, 0.1) is 17.0 Å². The minimum atomic E-state index is -4.33. The Morgan fingerprint density at radius 2 is 1.60 bits per heavy atom. The number of sulfone groups is 1. The van der Waals surface area contributed by atoms with E-state index >= 15 is 0 Å². The van der Waals surface area contributed by atoms with Crippen LogP contribution in [0.1, 0.15) is 11.1 Å². The molecular formula is C20H24F3N3O3S. The van der Waals surface area contributed by atoms with Crippen LogP contribution in [0.25, 0.3) is 0 Å². The second-order valence-corrected chi connectivity index (χ2v) is 8.48. The van der Waals surface area contributed by atoms with Gasteiger partial charge in [-0.2, -0.15) is 13.2 Å². The highest BCUT2D eigenvalue weighted by Crippen LogP contribution is 2.29. The second-order valence-electron chi connectivity index (χ2n) is 6.46. The number of nitrogens with one attached hydrogen (secondary N) is 2. The van der Waals surface area contributed by atoms with Gasteiger partial charge in [-0.05, 0) is 48.4 Å². The van der Waals surface area contributed by atoms with Gasteiger partial charge in [-0.15, -0.1) is 0 Å². The van der Waals surface area contributed by atoms with Crippen molar-refractivity contribution in [1.29, 1.82) is 0 Å². The van der Waals surface area contributed by atoms with Crippen molar-refractivity contribution in [3.8, 4) is 5.75 Å². The molecule has 0 aliphatic rings. The number of hydrogen-bond acceptors (Lipinski definition) is 4. The van der Waals surface area contributed by atoms with Crippen LogP contribution in [0.4, 0.5) is 13.2 Å². The van der Waals surface area contributed by atoms with E-state index in [1.165, 1.54) is 24.3 Å². The van der Waals surface area contributed by atoms with Gasteiger partial charge < -0.3 is 15.4 Å². The van der Waals surface area contributed by atoms with Crippen molar-refractivity contribution >= 4 is 15.8 Å². The fourth-order valence-electron chi connectivity index (χ4n) is 2.53. The van der Waals surface area contributed by atoms with Crippen molar-refractivity contribution in [3.05, 3.63) is 59.7 Å². The lowest BCUT2D eigenvalue weighted by atomic mass is 10.1. The summed E-state index contributed by atoms with van der Waals surface area (Å²) in [6, 6.07) is 11.2. The average molecular weight is 443 g/mol. The van der Waals surface area contributed by atoms with Crippen LogP contribution in [0.5, 0.6) is 5.75 Å². The summed E-state index contributed by atoms with van der Waals surface area (Å²) >= 11 is 0. The Bertz CT molecular complexity index is 942. The molecule has 0 spiro atoms. The summed E-state index contributed by atoms with van der Waals surface area (Å²) in [6.07, 6.45) is -2.65. The summed E-state index contributed by atoms with van der Waals surface area (Å²) in [5, 5.41) is 6.14. The van der Waals surface area contributed by atoms with Gasteiger partial charge in [-0.25, -0.2) is 8.42 Å². The first-order valence-corrected chi connectivity index (χ1v) is 11.0. The van der Waals surface area contributed by atoms with Crippen LogP contribution in [-0.4, -0.2) is 47.4 Å². The number of guanidine groups is 1. The van der Waals surface area contributed by atoms with Crippen LogP contribution in [0.15, 0.2) is 58.4 Å². The molecule has 2 aromatic carbocycles. The summed E-state index contributed by atoms with van der Waals surface area (Å²) in [4.78, 5) is 4.30. The molecule has 0 atom stereocenters. The van der Waals surface area contributed by atoms with Gasteiger partial charge in [-0.1, -0.05) is 12.1 Å². The predicted molar refractivity (Wildman–Crippen MR) is 110 cm³/mol. The molecule has 0 heterocycles. The summed E-state index contributed by atoms with van der Waals surface area (Å²) in [5.41, 5.74) is 0.120. The standard InChI is InChI=1S/C20H24F3N3O3S/c1-24-19(25-12-11-15-3-5-16(6-4-15)20(21,22)23)26-13-14-29-17-7-9-18(10-8-17)30(2,27)28/h3-10H,11-14H2,1-2H3,(H2,24,25,26). The van der Waals surface area contributed by atoms with Gasteiger partial charge >= 0.3 is 6.18 Å². The molecule has 0 saturated carbocycles. The van der Waals surface area contributed by atoms with E-state index in [1.54, 1.807) is 19.2 Å². The highest BCUT2D eigenvalue weighted by atomic mass is 32.2. The number of ether oxygens (including phenoxy) is 1. The number of rotatable bonds is 8. The van der Waals surface area contributed by atoms with Crippen LogP contribution >= 0.6 is 0 Å². The third-order valence-electron chi connectivity index (χ3n) is 4.13. The zero-order valence-electron chi connectivity index (χ0n) is 16.7. The fourth-order valence-corrected chi connectivity index (χ4v) is 3.16. The molecule has 0 saturated heterocycles. The summed E-state index contributed by atoms with van der Waals surface area (Å²) < 4.78 is 66.1. The van der Waals surface area contributed by atoms with Crippen molar-refractivity contribution in [3.63, 3.8) is 0 Å². The zero-order valence-corrected chi connectivity index (χ0v) is 17.5. The van der Waals surface area contributed by atoms with Gasteiger partial charge in [-0.3, -0.25) is 4.99 Å². The molecular weight excluding hydrogens is 419 g/mol. The molecule has 2 rings (SSSR count). The molecule has 164 valence electrons. The van der Waals surface area contributed by atoms with E-state index in [0.717, 1.165) is 24.0 Å². The molecule has 0 bridgehead atoms. The molecule has 0 unspecified atom stereocenters. The Hall–Kier alpha value is -2.75. The predicted octanol–water partition coefficient (Wildman–Crippen LogP) is 2.90. The molecule has 0 amide bonds. The van der Waals surface area contributed by atoms with Crippen molar-refractivity contribution in [1.82, 2.24) is 10.6 Å². The minimum absolute atomic E-state index is 0.227. The molecule has 30 heavy (non-hydrogen) atoms. The van der Waals surface area contributed by atoms with E-state index in [2.05, 4.69) is 15.6 Å². The van der Waals surface area contributed by atoms with E-state index in [-0.39, 0.29) is 4.90 Å². The zero-order chi connectivity index (χ0) is 22.2. The molecule has 2 N–H and O–H groups in total. The lowest BCUT2D eigenvalue weighted by Crippen LogP contribution is -2.40. The Labute approximate surface area is 174 Å². The minimum Gasteiger partial charge on any atom is -0.492 e. The third kappa shape index (κ3) is 7.58. The topological polar surface area (TPSA) is 79.8 Å². The van der Waals surface area contributed by atoms with E-state index in [0.29, 0.717) is 37.8 Å². The SMILES string of the molecule is CN=C(NCCOc1ccc(S(C)(=O)=O)cc1)NCCc1ccc(C(F)(F)F)cc1. The number of nitrogens with zero attached hydrogens (tertiary/aromatic N) is 1. The molecule has 10 heteroatoms. The molecule has 0 aliphatic heterocycles. The van der Waals surface area contributed by atoms with Crippen LogP contribution in [0.2, 0.25) is 0 Å². The molecule has 2 aromatic rings. The Kier molecular flexibility index (Phi) is 8.10. The van der Waals surface area contributed by atoms with E-state index in [4.69, 9.17) is 4.74 Å². The van der Waals surface area contributed by atoms with Crippen LogP contribution in [0, 0.1) is 0 Å². The molecule has 0 aromatic heterocycles. The van der Waals surface area contributed by atoms with Gasteiger partial charge in [0.25, 0.3) is 0 Å². The molecule has 0 radical (unpaired) electrons. The van der Waals surface area contributed by atoms with Gasteiger partial charge in [0.15, 0.2) is 15.8 Å². The van der Waals surface area contributed by atoms with Crippen molar-refractivity contribution in [2.75, 3.05) is 33.0 Å². The van der Waals surface area contributed by atoms with Crippen molar-refractivity contribution in [2.24, 2.45) is 4.99 Å². The summed E-state index contributed by atoms with van der Waals surface area (Å²) in [7, 11) is -1.63. The van der Waals surface area contributed by atoms with Crippen molar-refractivity contribution < 1.29 is 26.3 Å². The van der Waals surface area contributed by atoms with Crippen LogP contribution in [-0.2, 0) is 22.4 Å². The van der Waals surface area contributed by atoms with Crippen LogP contribution < -0.4 is 15.4 Å². The number of aliphatic imine (C=N–C) groups is 1. The lowest BCUT2D eigenvalue weighted by molar-refractivity contribution is -0.137. The monoisotopic (exact) mass is 443 g/mol. The summed E-state index contributed by atoms with van der Waals surface area (Å²) in [6.45, 7) is 1.28. The van der Waals surface area contributed by atoms with Gasteiger partial charge in [0, 0.05) is 19.8 Å². The fraction of sp³-hybridized carbons (Fsp3) is 0.350. The highest BCUT2D eigenvalue weighted by Gasteiger charge is 2.29. The first kappa shape index (κ1) is 23.5. The highest BCUT2D eigenvalue weighted by molar-refractivity contribution is 7.90. The van der Waals surface area contributed by atoms with Crippen LogP contribution in [0.3, 0.4) is 0 Å². The quantitative estimate of drug-likeness (QED) is 0.373. The Morgan fingerprint density at radius 3 is 2.13 bits per heavy atom. The smallest absolute Gasteiger partial charge is 0.416 e. The number of halogens is 3. The second kappa shape index (κ2) is 10.3. The first-order valence-electron chi connectivity index (χ1n) is 9.13. The molecule has 6 nitrogen and oxygen atoms in total. The van der Waals surface area contributed by atoms with E-state index in [9.17, 15) is 21.6 Å². The maximum Gasteiger partial charge on any atom is 0.416 e. The number of hydrogen-bond donors (Lipinski definition) is 2. The lowest BCUT2D eigenvalue weighted by Gasteiger charge is -2.13. The maximum atomic E-state index is 12.6. The molecule has 0 aliphatic carbocycles. The summed E-state index contributed by atoms with van der Waals surface area (Å²) in [5.74, 6) is 1.09. The van der Waals surface area contributed by atoms with E-state index < -0.39 is 21.6 Å². The first-order chi connectivity index (χ1) is 14.1. The van der Waals surface area contributed by atoms with Gasteiger partial charge in [0.2, 0.25) is 0 Å². The third-order valence-corrected chi connectivity index (χ3v) is 5.25. The van der Waals surface area contributed by atoms with Gasteiger partial charge in [0.1, 0.15) is 12.4 Å². The Balaban J connectivity index is 1.70. The number of benzene rings is 2. The van der Waals surface area contributed by atoms with Crippen molar-refractivity contribution in [2.45, 2.75) is 17.5 Å². The maximum absolute atomic E-state index is 12.6. The molecule has 0 fully saturated rings. The Morgan fingerprint density at radius 1 is 1.00 bits per heavy atom. The average Bonchev–Trinajstić information content (AvgIpc) is 2.69. The van der Waals surface area contributed by atoms with E-state index in [1.807, 2.05) is 0 Å². The largest absolute Gasteiger partial charge is 0.492 e. The number of alkyl halides is 3.